The van der Waals surface area contributed by atoms with E-state index >= 15 is 0 Å². The lowest BCUT2D eigenvalue weighted by molar-refractivity contribution is 0.0664. The van der Waals surface area contributed by atoms with Crippen LogP contribution in [0.2, 0.25) is 0 Å². The Kier molecular flexibility index (Phi) is 4.58. The van der Waals surface area contributed by atoms with Crippen LogP contribution in [0.4, 0.5) is 8.78 Å². The predicted molar refractivity (Wildman–Crippen MR) is 73.0 cm³/mol. The maximum Gasteiger partial charge on any atom is 0.341 e. The van der Waals surface area contributed by atoms with E-state index in [-0.39, 0.29) is 5.91 Å². The molecule has 1 fully saturated rings. The molecule has 1 aromatic carbocycles. The van der Waals surface area contributed by atoms with Crippen molar-refractivity contribution in [2.24, 2.45) is 0 Å². The van der Waals surface area contributed by atoms with Gasteiger partial charge in [-0.1, -0.05) is 0 Å². The standard InChI is InChI=1S/C13H16F2N2O3S/c1-16-6-8-17(9-7-16)12(18)10-2-4-11(5-3-10)21(19,20)13(14)15/h2-5,13H,6-9H2,1H3. The molecular formula is C13H16F2N2O3S. The molecule has 0 aliphatic carbocycles. The monoisotopic (exact) mass is 318 g/mol. The lowest BCUT2D eigenvalue weighted by Gasteiger charge is -2.32. The van der Waals surface area contributed by atoms with E-state index in [2.05, 4.69) is 4.90 Å². The number of amides is 1. The van der Waals surface area contributed by atoms with Crippen LogP contribution >= 0.6 is 0 Å². The number of rotatable bonds is 3. The zero-order chi connectivity index (χ0) is 15.6. The number of nitrogens with zero attached hydrogens (tertiary/aromatic N) is 2. The molecule has 1 aromatic rings. The smallest absolute Gasteiger partial charge is 0.336 e. The van der Waals surface area contributed by atoms with Gasteiger partial charge in [0.15, 0.2) is 0 Å². The third kappa shape index (κ3) is 3.38. The lowest BCUT2D eigenvalue weighted by Crippen LogP contribution is -2.47. The second-order valence-corrected chi connectivity index (χ2v) is 6.84. The van der Waals surface area contributed by atoms with E-state index in [0.29, 0.717) is 18.7 Å². The maximum atomic E-state index is 12.4. The highest BCUT2D eigenvalue weighted by Gasteiger charge is 2.27. The summed E-state index contributed by atoms with van der Waals surface area (Å²) in [5.41, 5.74) is 0.299. The predicted octanol–water partition coefficient (Wildman–Crippen LogP) is 1.07. The fraction of sp³-hybridized carbons (Fsp3) is 0.462. The average Bonchev–Trinajstić information content (AvgIpc) is 2.47. The van der Waals surface area contributed by atoms with E-state index in [4.69, 9.17) is 0 Å². The van der Waals surface area contributed by atoms with E-state index in [1.54, 1.807) is 4.90 Å². The number of piperazine rings is 1. The number of carbonyl (C=O) groups excluding carboxylic acids is 1. The van der Waals surface area contributed by atoms with E-state index in [0.717, 1.165) is 25.2 Å². The average molecular weight is 318 g/mol. The van der Waals surface area contributed by atoms with Gasteiger partial charge in [0, 0.05) is 31.7 Å². The van der Waals surface area contributed by atoms with Crippen molar-refractivity contribution in [1.82, 2.24) is 9.80 Å². The highest BCUT2D eigenvalue weighted by atomic mass is 32.2. The summed E-state index contributed by atoms with van der Waals surface area (Å²) in [4.78, 5) is 15.5. The third-order valence-corrected chi connectivity index (χ3v) is 4.85. The first-order chi connectivity index (χ1) is 9.82. The van der Waals surface area contributed by atoms with Crippen molar-refractivity contribution in [2.45, 2.75) is 10.7 Å². The van der Waals surface area contributed by atoms with Gasteiger partial charge < -0.3 is 9.80 Å². The number of likely N-dealkylation sites (N-methyl/N-ethyl adjacent to an activating group) is 1. The number of halogens is 2. The quantitative estimate of drug-likeness (QED) is 0.836. The fourth-order valence-corrected chi connectivity index (χ4v) is 2.80. The number of benzene rings is 1. The van der Waals surface area contributed by atoms with E-state index in [9.17, 15) is 22.0 Å². The topological polar surface area (TPSA) is 57.7 Å². The van der Waals surface area contributed by atoms with E-state index < -0.39 is 20.5 Å². The third-order valence-electron chi connectivity index (χ3n) is 3.45. The molecule has 116 valence electrons. The van der Waals surface area contributed by atoms with Gasteiger partial charge in [-0.3, -0.25) is 4.79 Å². The Hall–Kier alpha value is -1.54. The minimum Gasteiger partial charge on any atom is -0.336 e. The van der Waals surface area contributed by atoms with Crippen molar-refractivity contribution < 1.29 is 22.0 Å². The molecule has 0 radical (unpaired) electrons. The van der Waals surface area contributed by atoms with Crippen LogP contribution in [0.25, 0.3) is 0 Å². The van der Waals surface area contributed by atoms with Crippen LogP contribution in [0.1, 0.15) is 10.4 Å². The van der Waals surface area contributed by atoms with Crippen LogP contribution in [0, 0.1) is 0 Å². The Bertz CT molecular complexity index is 609. The molecule has 0 aromatic heterocycles. The minimum atomic E-state index is -4.62. The molecule has 0 atom stereocenters. The van der Waals surface area contributed by atoms with Gasteiger partial charge in [0.1, 0.15) is 0 Å². The van der Waals surface area contributed by atoms with Gasteiger partial charge in [-0.15, -0.1) is 0 Å². The molecule has 2 rings (SSSR count). The minimum absolute atomic E-state index is 0.218. The van der Waals surface area contributed by atoms with Crippen molar-refractivity contribution in [3.63, 3.8) is 0 Å². The largest absolute Gasteiger partial charge is 0.341 e. The van der Waals surface area contributed by atoms with Crippen LogP contribution in [0.15, 0.2) is 29.2 Å². The maximum absolute atomic E-state index is 12.4. The summed E-state index contributed by atoms with van der Waals surface area (Å²) >= 11 is 0. The normalized spacial score (nSPS) is 17.2. The van der Waals surface area contributed by atoms with Gasteiger partial charge in [0.2, 0.25) is 9.84 Å². The second kappa shape index (κ2) is 6.07. The molecule has 8 heteroatoms. The SMILES string of the molecule is CN1CCN(C(=O)c2ccc(S(=O)(=O)C(F)F)cc2)CC1. The van der Waals surface area contributed by atoms with Gasteiger partial charge in [0.05, 0.1) is 4.90 Å². The molecule has 21 heavy (non-hydrogen) atoms. The Morgan fingerprint density at radius 1 is 1.10 bits per heavy atom. The van der Waals surface area contributed by atoms with Gasteiger partial charge in [-0.05, 0) is 31.3 Å². The Balaban J connectivity index is 2.14. The second-order valence-electron chi connectivity index (χ2n) is 4.93. The number of carbonyl (C=O) groups is 1. The first kappa shape index (κ1) is 15.8. The van der Waals surface area contributed by atoms with Gasteiger partial charge in [0.25, 0.3) is 5.91 Å². The van der Waals surface area contributed by atoms with Crippen molar-refractivity contribution in [1.29, 1.82) is 0 Å². The molecule has 1 heterocycles. The first-order valence-corrected chi connectivity index (χ1v) is 7.97. The zero-order valence-electron chi connectivity index (χ0n) is 11.5. The van der Waals surface area contributed by atoms with Crippen molar-refractivity contribution >= 4 is 15.7 Å². The van der Waals surface area contributed by atoms with Crippen LogP contribution in [0.3, 0.4) is 0 Å². The van der Waals surface area contributed by atoms with Crippen LogP contribution in [0.5, 0.6) is 0 Å². The summed E-state index contributed by atoms with van der Waals surface area (Å²) < 4.78 is 47.4. The number of sulfone groups is 1. The number of hydrogen-bond acceptors (Lipinski definition) is 4. The Morgan fingerprint density at radius 3 is 2.10 bits per heavy atom. The Labute approximate surface area is 122 Å². The highest BCUT2D eigenvalue weighted by molar-refractivity contribution is 7.91. The number of alkyl halides is 2. The van der Waals surface area contributed by atoms with Crippen LogP contribution in [-0.4, -0.2) is 63.1 Å². The van der Waals surface area contributed by atoms with Crippen LogP contribution < -0.4 is 0 Å². The molecule has 5 nitrogen and oxygen atoms in total. The molecule has 1 amide bonds. The summed E-state index contributed by atoms with van der Waals surface area (Å²) in [6.07, 6.45) is 0. The first-order valence-electron chi connectivity index (χ1n) is 6.42. The molecule has 1 aliphatic rings. The van der Waals surface area contributed by atoms with Crippen LogP contribution in [-0.2, 0) is 9.84 Å². The lowest BCUT2D eigenvalue weighted by atomic mass is 10.2. The summed E-state index contributed by atoms with van der Waals surface area (Å²) in [5.74, 6) is -3.68. The molecule has 0 bridgehead atoms. The van der Waals surface area contributed by atoms with Gasteiger partial charge >= 0.3 is 5.76 Å². The summed E-state index contributed by atoms with van der Waals surface area (Å²) in [6, 6.07) is 4.64. The van der Waals surface area contributed by atoms with Crippen molar-refractivity contribution in [3.8, 4) is 0 Å². The van der Waals surface area contributed by atoms with E-state index in [1.165, 1.54) is 12.1 Å². The summed E-state index contributed by atoms with van der Waals surface area (Å²) in [5, 5.41) is 0. The molecule has 0 saturated carbocycles. The molecular weight excluding hydrogens is 302 g/mol. The fourth-order valence-electron chi connectivity index (χ4n) is 2.08. The molecule has 0 unspecified atom stereocenters. The van der Waals surface area contributed by atoms with Gasteiger partial charge in [-0.2, -0.15) is 8.78 Å². The number of hydrogen-bond donors (Lipinski definition) is 0. The summed E-state index contributed by atoms with van der Waals surface area (Å²) in [6.45, 7) is 2.71. The molecule has 1 aliphatic heterocycles. The summed E-state index contributed by atoms with van der Waals surface area (Å²) in [7, 11) is -2.65. The molecule has 1 saturated heterocycles. The van der Waals surface area contributed by atoms with Crippen molar-refractivity contribution in [2.75, 3.05) is 33.2 Å². The zero-order valence-corrected chi connectivity index (χ0v) is 12.3. The highest BCUT2D eigenvalue weighted by Crippen LogP contribution is 2.19. The van der Waals surface area contributed by atoms with Gasteiger partial charge in [-0.25, -0.2) is 8.42 Å². The Morgan fingerprint density at radius 2 is 1.62 bits per heavy atom. The molecule has 0 spiro atoms. The molecule has 0 N–H and O–H groups in total. The van der Waals surface area contributed by atoms with Crippen molar-refractivity contribution in [3.05, 3.63) is 29.8 Å². The van der Waals surface area contributed by atoms with E-state index in [1.807, 2.05) is 7.05 Å².